The highest BCUT2D eigenvalue weighted by atomic mass is 35.5. The van der Waals surface area contributed by atoms with E-state index in [0.717, 1.165) is 10.9 Å². The zero-order chi connectivity index (χ0) is 18.8. The summed E-state index contributed by atoms with van der Waals surface area (Å²) >= 11 is 7.69. The van der Waals surface area contributed by atoms with Gasteiger partial charge < -0.3 is 10.2 Å². The molecule has 0 aromatic heterocycles. The molecule has 1 aliphatic heterocycles. The summed E-state index contributed by atoms with van der Waals surface area (Å²) in [6.45, 7) is 0. The number of anilines is 1. The Kier molecular flexibility index (Phi) is 7.51. The molecule has 1 amide bonds. The van der Waals surface area contributed by atoms with Crippen molar-refractivity contribution in [1.29, 1.82) is 0 Å². The van der Waals surface area contributed by atoms with Crippen molar-refractivity contribution in [3.8, 4) is 0 Å². The van der Waals surface area contributed by atoms with Crippen LogP contribution in [0.1, 0.15) is 51.4 Å². The van der Waals surface area contributed by atoms with Gasteiger partial charge in [-0.05, 0) is 43.9 Å². The second-order valence-electron chi connectivity index (χ2n) is 7.68. The molecule has 1 aromatic carbocycles. The summed E-state index contributed by atoms with van der Waals surface area (Å²) in [4.78, 5) is 19.9. The zero-order valence-electron chi connectivity index (χ0n) is 15.7. The van der Waals surface area contributed by atoms with Crippen LogP contribution in [0.4, 0.5) is 10.1 Å². The van der Waals surface area contributed by atoms with Crippen LogP contribution in [0.15, 0.2) is 23.2 Å². The molecular weight excluding hydrogens is 420 g/mol. The van der Waals surface area contributed by atoms with Gasteiger partial charge in [-0.15, -0.1) is 12.4 Å². The average Bonchev–Trinajstić information content (AvgIpc) is 3.42. The predicted octanol–water partition coefficient (Wildman–Crippen LogP) is 5.50. The maximum absolute atomic E-state index is 13.9. The van der Waals surface area contributed by atoms with Gasteiger partial charge in [0.1, 0.15) is 5.82 Å². The molecule has 1 heterocycles. The van der Waals surface area contributed by atoms with E-state index in [2.05, 4.69) is 10.2 Å². The van der Waals surface area contributed by atoms with Crippen molar-refractivity contribution in [1.82, 2.24) is 4.90 Å². The molecular formula is C20H26Cl2FN3OS. The number of hydrogen-bond acceptors (Lipinski definition) is 3. The molecule has 4 rings (SSSR count). The fourth-order valence-corrected chi connectivity index (χ4v) is 5.39. The average molecular weight is 446 g/mol. The van der Waals surface area contributed by atoms with Crippen LogP contribution in [0.3, 0.4) is 0 Å². The van der Waals surface area contributed by atoms with Crippen molar-refractivity contribution in [3.05, 3.63) is 29.0 Å². The van der Waals surface area contributed by atoms with E-state index in [4.69, 9.17) is 16.6 Å². The summed E-state index contributed by atoms with van der Waals surface area (Å²) in [6, 6.07) is 5.29. The van der Waals surface area contributed by atoms with Gasteiger partial charge in [0, 0.05) is 29.3 Å². The number of amides is 1. The van der Waals surface area contributed by atoms with Gasteiger partial charge >= 0.3 is 0 Å². The molecule has 1 aromatic rings. The van der Waals surface area contributed by atoms with Crippen molar-refractivity contribution in [2.45, 2.75) is 69.5 Å². The van der Waals surface area contributed by atoms with Crippen LogP contribution in [0.5, 0.6) is 0 Å². The Labute approximate surface area is 181 Å². The van der Waals surface area contributed by atoms with Crippen molar-refractivity contribution in [2.75, 3.05) is 11.1 Å². The van der Waals surface area contributed by atoms with Gasteiger partial charge in [0.25, 0.3) is 0 Å². The maximum Gasteiger partial charge on any atom is 0.226 e. The van der Waals surface area contributed by atoms with E-state index < -0.39 is 5.82 Å². The normalized spacial score (nSPS) is 24.3. The minimum absolute atomic E-state index is 0. The third-order valence-electron chi connectivity index (χ3n) is 5.45. The van der Waals surface area contributed by atoms with Gasteiger partial charge in [-0.3, -0.25) is 9.79 Å². The largest absolute Gasteiger partial charge is 0.344 e. The van der Waals surface area contributed by atoms with Crippen LogP contribution in [-0.2, 0) is 4.79 Å². The number of hydrogen-bond donors (Lipinski definition) is 1. The molecule has 8 heteroatoms. The van der Waals surface area contributed by atoms with E-state index in [1.807, 2.05) is 0 Å². The van der Waals surface area contributed by atoms with Gasteiger partial charge in [0.15, 0.2) is 5.17 Å². The van der Waals surface area contributed by atoms with Crippen LogP contribution < -0.4 is 5.32 Å². The van der Waals surface area contributed by atoms with E-state index in [9.17, 15) is 9.18 Å². The van der Waals surface area contributed by atoms with E-state index in [0.29, 0.717) is 23.5 Å². The number of nitrogens with zero attached hydrogens (tertiary/aromatic N) is 2. The van der Waals surface area contributed by atoms with Crippen LogP contribution in [0.2, 0.25) is 5.02 Å². The maximum atomic E-state index is 13.9. The lowest BCUT2D eigenvalue weighted by Crippen LogP contribution is -2.39. The predicted molar refractivity (Wildman–Crippen MR) is 117 cm³/mol. The Morgan fingerprint density at radius 3 is 2.71 bits per heavy atom. The van der Waals surface area contributed by atoms with Gasteiger partial charge in [0.05, 0.1) is 11.7 Å². The van der Waals surface area contributed by atoms with Gasteiger partial charge in [0.2, 0.25) is 5.91 Å². The van der Waals surface area contributed by atoms with Crippen LogP contribution in [0, 0.1) is 5.82 Å². The standard InChI is InChI=1S/C20H25ClFN3OS.ClH/c21-13-6-9-17(22)18(10-13)24-19(26)11-16-12-27-20(25(16)15-7-8-15)23-14-4-2-1-3-5-14;/h6,9-10,14-16H,1-5,7-8,11-12H2,(H,24,26);1H. The fraction of sp³-hybridized carbons (Fsp3) is 0.600. The minimum Gasteiger partial charge on any atom is -0.344 e. The third-order valence-corrected chi connectivity index (χ3v) is 6.81. The molecule has 0 spiro atoms. The Hall–Kier alpha value is -0.980. The number of carbonyl (C=O) groups is 1. The molecule has 1 N–H and O–H groups in total. The highest BCUT2D eigenvalue weighted by Crippen LogP contribution is 2.38. The smallest absolute Gasteiger partial charge is 0.226 e. The molecule has 3 fully saturated rings. The first-order valence-corrected chi connectivity index (χ1v) is 11.2. The van der Waals surface area contributed by atoms with Crippen molar-refractivity contribution in [3.63, 3.8) is 0 Å². The van der Waals surface area contributed by atoms with Gasteiger partial charge in [-0.1, -0.05) is 42.6 Å². The quantitative estimate of drug-likeness (QED) is 0.650. The molecule has 0 radical (unpaired) electrons. The lowest BCUT2D eigenvalue weighted by Gasteiger charge is -2.27. The first-order valence-electron chi connectivity index (χ1n) is 9.84. The molecule has 1 saturated heterocycles. The highest BCUT2D eigenvalue weighted by Gasteiger charge is 2.41. The molecule has 0 bridgehead atoms. The number of thioether (sulfide) groups is 1. The van der Waals surface area contributed by atoms with E-state index in [-0.39, 0.29) is 30.0 Å². The van der Waals surface area contributed by atoms with Gasteiger partial charge in [-0.25, -0.2) is 4.39 Å². The number of amidine groups is 1. The van der Waals surface area contributed by atoms with Crippen LogP contribution >= 0.6 is 35.8 Å². The Balaban J connectivity index is 0.00000225. The number of rotatable bonds is 5. The second-order valence-corrected chi connectivity index (χ2v) is 9.11. The zero-order valence-corrected chi connectivity index (χ0v) is 18.1. The highest BCUT2D eigenvalue weighted by molar-refractivity contribution is 8.14. The van der Waals surface area contributed by atoms with Crippen LogP contribution in [0.25, 0.3) is 0 Å². The van der Waals surface area contributed by atoms with Crippen molar-refractivity contribution in [2.24, 2.45) is 4.99 Å². The molecule has 2 aliphatic carbocycles. The SMILES string of the molecule is Cl.O=C(CC1CSC(=NC2CCCCC2)N1C1CC1)Nc1cc(Cl)ccc1F. The monoisotopic (exact) mass is 445 g/mol. The van der Waals surface area contributed by atoms with Crippen molar-refractivity contribution < 1.29 is 9.18 Å². The number of aliphatic imine (C=N–C) groups is 1. The number of carbonyl (C=O) groups excluding carboxylic acids is 1. The minimum atomic E-state index is -0.466. The Bertz CT molecular complexity index is 738. The first-order chi connectivity index (χ1) is 13.1. The molecule has 1 unspecified atom stereocenters. The summed E-state index contributed by atoms with van der Waals surface area (Å²) in [5.41, 5.74) is 0.146. The number of halogens is 3. The summed E-state index contributed by atoms with van der Waals surface area (Å²) in [7, 11) is 0. The van der Waals surface area contributed by atoms with E-state index in [1.54, 1.807) is 11.8 Å². The van der Waals surface area contributed by atoms with Crippen molar-refractivity contribution >= 4 is 52.5 Å². The lowest BCUT2D eigenvalue weighted by molar-refractivity contribution is -0.116. The summed E-state index contributed by atoms with van der Waals surface area (Å²) in [5, 5.41) is 4.21. The Morgan fingerprint density at radius 2 is 2.00 bits per heavy atom. The topological polar surface area (TPSA) is 44.7 Å². The lowest BCUT2D eigenvalue weighted by atomic mass is 9.96. The molecule has 3 aliphatic rings. The molecule has 28 heavy (non-hydrogen) atoms. The fourth-order valence-electron chi connectivity index (χ4n) is 3.92. The summed E-state index contributed by atoms with van der Waals surface area (Å²) < 4.78 is 13.9. The summed E-state index contributed by atoms with van der Waals surface area (Å²) in [5.74, 6) is 0.228. The molecule has 154 valence electrons. The summed E-state index contributed by atoms with van der Waals surface area (Å²) in [6.07, 6.45) is 8.92. The third kappa shape index (κ3) is 5.33. The molecule has 1 atom stereocenters. The van der Waals surface area contributed by atoms with E-state index in [1.165, 1.54) is 63.1 Å². The van der Waals surface area contributed by atoms with Crippen LogP contribution in [-0.4, -0.2) is 39.9 Å². The number of nitrogens with one attached hydrogen (secondary N) is 1. The first kappa shape index (κ1) is 21.7. The second kappa shape index (κ2) is 9.68. The molecule has 4 nitrogen and oxygen atoms in total. The van der Waals surface area contributed by atoms with E-state index >= 15 is 0 Å². The van der Waals surface area contributed by atoms with Gasteiger partial charge in [-0.2, -0.15) is 0 Å². The number of benzene rings is 1. The Morgan fingerprint density at radius 1 is 1.25 bits per heavy atom. The molecule has 2 saturated carbocycles.